The normalized spacial score (nSPS) is 52.0. The molecule has 1 aliphatic heterocycles. The van der Waals surface area contributed by atoms with Crippen molar-refractivity contribution in [3.05, 3.63) is 0 Å². The first-order valence-electron chi connectivity index (χ1n) is 3.64. The van der Waals surface area contributed by atoms with Crippen molar-refractivity contribution in [1.82, 2.24) is 5.32 Å². The van der Waals surface area contributed by atoms with E-state index >= 15 is 0 Å². The molecule has 1 fully saturated rings. The Balaban J connectivity index is 2.54. The smallest absolute Gasteiger partial charge is 0.0232 e. The molecule has 4 unspecified atom stereocenters. The fraction of sp³-hybridized carbons (Fsp3) is 1.00. The second kappa shape index (κ2) is 2.27. The van der Waals surface area contributed by atoms with Gasteiger partial charge in [-0.3, -0.25) is 0 Å². The van der Waals surface area contributed by atoms with Gasteiger partial charge in [0.25, 0.3) is 0 Å². The Morgan fingerprint density at radius 3 is 1.78 bits per heavy atom. The van der Waals surface area contributed by atoms with Crippen LogP contribution in [0.4, 0.5) is 0 Å². The van der Waals surface area contributed by atoms with Crippen LogP contribution >= 0.6 is 0 Å². The summed E-state index contributed by atoms with van der Waals surface area (Å²) >= 11 is 0. The Labute approximate surface area is 56.8 Å². The van der Waals surface area contributed by atoms with Crippen LogP contribution in [0.25, 0.3) is 0 Å². The summed E-state index contributed by atoms with van der Waals surface area (Å²) in [4.78, 5) is 0. The predicted octanol–water partition coefficient (Wildman–Crippen LogP) is 0.330. The molecule has 0 spiro atoms. The number of rotatable bonds is 0. The summed E-state index contributed by atoms with van der Waals surface area (Å²) in [5.41, 5.74) is 5.85. The molecule has 1 aliphatic rings. The van der Waals surface area contributed by atoms with Crippen molar-refractivity contribution in [1.29, 1.82) is 0 Å². The summed E-state index contributed by atoms with van der Waals surface area (Å²) in [5.74, 6) is 0.625. The lowest BCUT2D eigenvalue weighted by Gasteiger charge is -2.12. The monoisotopic (exact) mass is 128 g/mol. The van der Waals surface area contributed by atoms with Crippen LogP contribution in [0, 0.1) is 5.92 Å². The maximum absolute atomic E-state index is 5.85. The van der Waals surface area contributed by atoms with Gasteiger partial charge in [0.15, 0.2) is 0 Å². The van der Waals surface area contributed by atoms with E-state index in [4.69, 9.17) is 5.73 Å². The van der Waals surface area contributed by atoms with E-state index in [1.54, 1.807) is 0 Å². The van der Waals surface area contributed by atoms with Crippen LogP contribution in [0.15, 0.2) is 0 Å². The summed E-state index contributed by atoms with van der Waals surface area (Å²) in [6, 6.07) is 1.44. The van der Waals surface area contributed by atoms with Crippen LogP contribution < -0.4 is 11.1 Å². The molecule has 2 nitrogen and oxygen atoms in total. The van der Waals surface area contributed by atoms with Crippen LogP contribution in [-0.2, 0) is 0 Å². The zero-order chi connectivity index (χ0) is 7.02. The van der Waals surface area contributed by atoms with Gasteiger partial charge in [-0.2, -0.15) is 0 Å². The molecule has 1 rings (SSSR count). The van der Waals surface area contributed by atoms with Gasteiger partial charge < -0.3 is 11.1 Å². The molecule has 0 radical (unpaired) electrons. The molecule has 0 amide bonds. The molecule has 0 aromatic carbocycles. The summed E-state index contributed by atoms with van der Waals surface area (Å²) < 4.78 is 0. The van der Waals surface area contributed by atoms with Crippen LogP contribution in [0.1, 0.15) is 20.8 Å². The highest BCUT2D eigenvalue weighted by atomic mass is 15.0. The van der Waals surface area contributed by atoms with Crippen molar-refractivity contribution in [2.24, 2.45) is 11.7 Å². The van der Waals surface area contributed by atoms with Gasteiger partial charge in [-0.05, 0) is 19.8 Å². The lowest BCUT2D eigenvalue weighted by molar-refractivity contribution is 0.475. The van der Waals surface area contributed by atoms with Crippen LogP contribution in [0.5, 0.6) is 0 Å². The first kappa shape index (κ1) is 7.03. The van der Waals surface area contributed by atoms with Crippen molar-refractivity contribution >= 4 is 0 Å². The Bertz CT molecular complexity index is 91.1. The predicted molar refractivity (Wildman–Crippen MR) is 39.2 cm³/mol. The fourth-order valence-corrected chi connectivity index (χ4v) is 1.47. The minimum absolute atomic E-state index is 0.347. The molecular weight excluding hydrogens is 112 g/mol. The highest BCUT2D eigenvalue weighted by Crippen LogP contribution is 2.17. The molecule has 2 heteroatoms. The summed E-state index contributed by atoms with van der Waals surface area (Å²) in [6.45, 7) is 6.53. The van der Waals surface area contributed by atoms with Gasteiger partial charge in [0.05, 0.1) is 0 Å². The average Bonchev–Trinajstić information content (AvgIpc) is 1.98. The first-order valence-corrected chi connectivity index (χ1v) is 3.64. The van der Waals surface area contributed by atoms with E-state index in [0.29, 0.717) is 24.0 Å². The molecule has 54 valence electrons. The second-order valence-corrected chi connectivity index (χ2v) is 3.18. The fourth-order valence-electron chi connectivity index (χ4n) is 1.47. The minimum Gasteiger partial charge on any atom is -0.326 e. The minimum atomic E-state index is 0.347. The number of hydrogen-bond donors (Lipinski definition) is 2. The van der Waals surface area contributed by atoms with Gasteiger partial charge in [-0.15, -0.1) is 0 Å². The van der Waals surface area contributed by atoms with E-state index < -0.39 is 0 Å². The van der Waals surface area contributed by atoms with Crippen molar-refractivity contribution < 1.29 is 0 Å². The molecule has 4 atom stereocenters. The Kier molecular flexibility index (Phi) is 1.78. The molecule has 9 heavy (non-hydrogen) atoms. The maximum atomic E-state index is 5.85. The van der Waals surface area contributed by atoms with E-state index in [1.165, 1.54) is 0 Å². The van der Waals surface area contributed by atoms with E-state index in [-0.39, 0.29) is 0 Å². The zero-order valence-electron chi connectivity index (χ0n) is 6.39. The second-order valence-electron chi connectivity index (χ2n) is 3.18. The molecule has 0 aromatic heterocycles. The zero-order valence-corrected chi connectivity index (χ0v) is 6.39. The van der Waals surface area contributed by atoms with E-state index in [2.05, 4.69) is 26.1 Å². The highest BCUT2D eigenvalue weighted by molar-refractivity contribution is 4.93. The number of nitrogens with one attached hydrogen (secondary N) is 1. The van der Waals surface area contributed by atoms with Crippen LogP contribution in [-0.4, -0.2) is 18.1 Å². The van der Waals surface area contributed by atoms with Crippen LogP contribution in [0.2, 0.25) is 0 Å². The quantitative estimate of drug-likeness (QED) is 0.493. The summed E-state index contributed by atoms with van der Waals surface area (Å²) in [6.07, 6.45) is 0. The largest absolute Gasteiger partial charge is 0.326 e. The van der Waals surface area contributed by atoms with E-state index in [0.717, 1.165) is 0 Å². The third kappa shape index (κ3) is 1.10. The number of nitrogens with two attached hydrogens (primary N) is 1. The summed E-state index contributed by atoms with van der Waals surface area (Å²) in [5, 5.41) is 3.39. The van der Waals surface area contributed by atoms with Gasteiger partial charge in [0, 0.05) is 18.1 Å². The Morgan fingerprint density at radius 1 is 1.11 bits per heavy atom. The third-order valence-corrected chi connectivity index (χ3v) is 2.50. The van der Waals surface area contributed by atoms with Crippen molar-refractivity contribution in [2.75, 3.05) is 0 Å². The van der Waals surface area contributed by atoms with Gasteiger partial charge in [0.1, 0.15) is 0 Å². The van der Waals surface area contributed by atoms with E-state index in [9.17, 15) is 0 Å². The van der Waals surface area contributed by atoms with Gasteiger partial charge in [-0.25, -0.2) is 0 Å². The molecule has 0 bridgehead atoms. The van der Waals surface area contributed by atoms with Crippen molar-refractivity contribution in [2.45, 2.75) is 38.9 Å². The molecule has 0 saturated carbocycles. The topological polar surface area (TPSA) is 38.0 Å². The Morgan fingerprint density at radius 2 is 1.67 bits per heavy atom. The van der Waals surface area contributed by atoms with Crippen molar-refractivity contribution in [3.8, 4) is 0 Å². The molecule has 0 aliphatic carbocycles. The standard InChI is InChI=1S/C7H16N2/c1-4-5(2)9-6(3)7(4)8/h4-7,9H,8H2,1-3H3. The number of hydrogen-bond acceptors (Lipinski definition) is 2. The van der Waals surface area contributed by atoms with Gasteiger partial charge in [-0.1, -0.05) is 6.92 Å². The molecule has 0 aromatic rings. The lowest BCUT2D eigenvalue weighted by Crippen LogP contribution is -2.35. The maximum Gasteiger partial charge on any atom is 0.0232 e. The first-order chi connectivity index (χ1) is 4.13. The van der Waals surface area contributed by atoms with Gasteiger partial charge in [0.2, 0.25) is 0 Å². The summed E-state index contributed by atoms with van der Waals surface area (Å²) in [7, 11) is 0. The average molecular weight is 128 g/mol. The SMILES string of the molecule is CC1NC(C)C(N)C1C. The van der Waals surface area contributed by atoms with E-state index in [1.807, 2.05) is 0 Å². The highest BCUT2D eigenvalue weighted by Gasteiger charge is 2.31. The van der Waals surface area contributed by atoms with Crippen molar-refractivity contribution in [3.63, 3.8) is 0 Å². The molecule has 1 heterocycles. The van der Waals surface area contributed by atoms with Gasteiger partial charge >= 0.3 is 0 Å². The van der Waals surface area contributed by atoms with Crippen LogP contribution in [0.3, 0.4) is 0 Å². The molecular formula is C7H16N2. The molecule has 3 N–H and O–H groups in total. The molecule has 1 saturated heterocycles. The Hall–Kier alpha value is -0.0800. The third-order valence-electron chi connectivity index (χ3n) is 2.50. The lowest BCUT2D eigenvalue weighted by atomic mass is 9.98.